The Morgan fingerprint density at radius 2 is 1.81 bits per heavy atom. The van der Waals surface area contributed by atoms with E-state index < -0.39 is 0 Å². The Hall–Kier alpha value is -3.72. The number of nitrogens with zero attached hydrogens (tertiary/aromatic N) is 1. The first kappa shape index (κ1) is 21.5. The minimum atomic E-state index is -0.351. The van der Waals surface area contributed by atoms with Gasteiger partial charge in [-0.3, -0.25) is 10.1 Å². The Balaban J connectivity index is 1.56. The number of thiazole rings is 1. The lowest BCUT2D eigenvalue weighted by Crippen LogP contribution is -2.12. The van der Waals surface area contributed by atoms with Gasteiger partial charge < -0.3 is 23.4 Å². The summed E-state index contributed by atoms with van der Waals surface area (Å²) in [4.78, 5) is 17.3. The number of furan rings is 1. The summed E-state index contributed by atoms with van der Waals surface area (Å²) in [5, 5.41) is 5.99. The second-order valence-electron chi connectivity index (χ2n) is 6.65. The number of carbonyl (C=O) groups is 1. The third-order valence-corrected chi connectivity index (χ3v) is 5.46. The fraction of sp³-hybridized carbons (Fsp3) is 0.217. The maximum absolute atomic E-state index is 12.8. The van der Waals surface area contributed by atoms with E-state index in [9.17, 15) is 4.79 Å². The predicted octanol–water partition coefficient (Wildman–Crippen LogP) is 5.23. The van der Waals surface area contributed by atoms with Crippen LogP contribution in [0.25, 0.3) is 22.4 Å². The van der Waals surface area contributed by atoms with Gasteiger partial charge in [0, 0.05) is 16.3 Å². The zero-order chi connectivity index (χ0) is 22.7. The number of benzene rings is 2. The van der Waals surface area contributed by atoms with Crippen LogP contribution < -0.4 is 24.3 Å². The van der Waals surface area contributed by atoms with Gasteiger partial charge in [0.25, 0.3) is 5.91 Å². The molecule has 0 saturated carbocycles. The Kier molecular flexibility index (Phi) is 6.18. The molecule has 166 valence electrons. The molecule has 0 aliphatic heterocycles. The van der Waals surface area contributed by atoms with Crippen LogP contribution in [0.4, 0.5) is 5.13 Å². The summed E-state index contributed by atoms with van der Waals surface area (Å²) in [6.07, 6.45) is 0. The average molecular weight is 455 g/mol. The van der Waals surface area contributed by atoms with Crippen molar-refractivity contribution in [2.75, 3.05) is 33.3 Å². The topological polar surface area (TPSA) is 92.1 Å². The fourth-order valence-corrected chi connectivity index (χ4v) is 3.92. The van der Waals surface area contributed by atoms with E-state index in [-0.39, 0.29) is 5.91 Å². The van der Waals surface area contributed by atoms with Crippen LogP contribution in [0.5, 0.6) is 23.0 Å². The van der Waals surface area contributed by atoms with Gasteiger partial charge in [-0.1, -0.05) is 0 Å². The summed E-state index contributed by atoms with van der Waals surface area (Å²) in [6, 6.07) is 10.7. The number of carbonyl (C=O) groups excluding carboxylic acids is 1. The quantitative estimate of drug-likeness (QED) is 0.390. The number of rotatable bonds is 8. The number of hydrogen-bond acceptors (Lipinski definition) is 8. The summed E-state index contributed by atoms with van der Waals surface area (Å²) < 4.78 is 27.4. The van der Waals surface area contributed by atoms with Crippen molar-refractivity contribution in [3.63, 3.8) is 0 Å². The predicted molar refractivity (Wildman–Crippen MR) is 123 cm³/mol. The molecule has 0 radical (unpaired) electrons. The largest absolute Gasteiger partial charge is 0.494 e. The lowest BCUT2D eigenvalue weighted by Gasteiger charge is -2.13. The molecule has 2 aromatic carbocycles. The van der Waals surface area contributed by atoms with Gasteiger partial charge in [-0.2, -0.15) is 0 Å². The molecule has 1 N–H and O–H groups in total. The van der Waals surface area contributed by atoms with Crippen molar-refractivity contribution in [2.45, 2.75) is 6.92 Å². The van der Waals surface area contributed by atoms with Crippen LogP contribution in [0.15, 0.2) is 46.2 Å². The molecular formula is C23H22N2O6S. The van der Waals surface area contributed by atoms with Gasteiger partial charge in [-0.05, 0) is 43.3 Å². The van der Waals surface area contributed by atoms with Crippen molar-refractivity contribution in [3.8, 4) is 34.5 Å². The van der Waals surface area contributed by atoms with E-state index in [2.05, 4.69) is 10.3 Å². The zero-order valence-corrected chi connectivity index (χ0v) is 18.9. The van der Waals surface area contributed by atoms with E-state index in [1.807, 2.05) is 36.6 Å². The van der Waals surface area contributed by atoms with Crippen LogP contribution in [0.3, 0.4) is 0 Å². The van der Waals surface area contributed by atoms with E-state index in [4.69, 9.17) is 23.4 Å². The highest BCUT2D eigenvalue weighted by Crippen LogP contribution is 2.38. The minimum Gasteiger partial charge on any atom is -0.494 e. The fourth-order valence-electron chi connectivity index (χ4n) is 3.23. The maximum atomic E-state index is 12.8. The Bertz CT molecular complexity index is 1240. The molecule has 0 saturated heterocycles. The third kappa shape index (κ3) is 4.19. The molecule has 2 heterocycles. The molecule has 0 fully saturated rings. The Morgan fingerprint density at radius 3 is 2.47 bits per heavy atom. The van der Waals surface area contributed by atoms with Crippen molar-refractivity contribution in [1.82, 2.24) is 4.98 Å². The number of amides is 1. The summed E-state index contributed by atoms with van der Waals surface area (Å²) in [7, 11) is 4.50. The molecule has 0 aliphatic carbocycles. The lowest BCUT2D eigenvalue weighted by molar-refractivity contribution is 0.102. The van der Waals surface area contributed by atoms with Gasteiger partial charge in [0.1, 0.15) is 17.0 Å². The second kappa shape index (κ2) is 9.19. The van der Waals surface area contributed by atoms with Crippen LogP contribution in [-0.4, -0.2) is 38.8 Å². The summed E-state index contributed by atoms with van der Waals surface area (Å²) >= 11 is 1.30. The molecule has 32 heavy (non-hydrogen) atoms. The molecule has 0 spiro atoms. The van der Waals surface area contributed by atoms with Crippen molar-refractivity contribution in [1.29, 1.82) is 0 Å². The summed E-state index contributed by atoms with van der Waals surface area (Å²) in [5.74, 6) is 2.25. The van der Waals surface area contributed by atoms with Crippen molar-refractivity contribution in [3.05, 3.63) is 47.3 Å². The minimum absolute atomic E-state index is 0.350. The highest BCUT2D eigenvalue weighted by Gasteiger charge is 2.18. The number of anilines is 1. The van der Waals surface area contributed by atoms with Gasteiger partial charge in [0.2, 0.25) is 5.75 Å². The van der Waals surface area contributed by atoms with Crippen LogP contribution >= 0.6 is 11.3 Å². The monoisotopic (exact) mass is 454 g/mol. The normalized spacial score (nSPS) is 10.8. The molecule has 0 atom stereocenters. The van der Waals surface area contributed by atoms with Crippen LogP contribution in [0.2, 0.25) is 0 Å². The Labute approximate surface area is 188 Å². The molecule has 1 amide bonds. The van der Waals surface area contributed by atoms with Crippen LogP contribution in [-0.2, 0) is 0 Å². The van der Waals surface area contributed by atoms with E-state index in [1.165, 1.54) is 32.7 Å². The third-order valence-electron chi connectivity index (χ3n) is 4.70. The molecule has 4 aromatic rings. The van der Waals surface area contributed by atoms with Gasteiger partial charge in [0.15, 0.2) is 22.4 Å². The zero-order valence-electron chi connectivity index (χ0n) is 18.1. The smallest absolute Gasteiger partial charge is 0.257 e. The molecule has 4 rings (SSSR count). The first-order valence-electron chi connectivity index (χ1n) is 9.80. The number of ether oxygens (including phenoxy) is 4. The van der Waals surface area contributed by atoms with E-state index in [0.29, 0.717) is 46.0 Å². The summed E-state index contributed by atoms with van der Waals surface area (Å²) in [5.41, 5.74) is 1.72. The van der Waals surface area contributed by atoms with Gasteiger partial charge >= 0.3 is 0 Å². The average Bonchev–Trinajstić information content (AvgIpc) is 3.44. The number of nitrogens with one attached hydrogen (secondary N) is 1. The maximum Gasteiger partial charge on any atom is 0.257 e. The number of methoxy groups -OCH3 is 3. The summed E-state index contributed by atoms with van der Waals surface area (Å²) in [6.45, 7) is 2.53. The van der Waals surface area contributed by atoms with Crippen LogP contribution in [0, 0.1) is 0 Å². The highest BCUT2D eigenvalue weighted by atomic mass is 32.1. The van der Waals surface area contributed by atoms with Gasteiger partial charge in [-0.25, -0.2) is 4.98 Å². The SMILES string of the molecule is CCOc1ccc2oc(-c3csc(NC(=O)c4cc(OC)c(OC)c(OC)c4)n3)cc2c1. The molecule has 0 aliphatic rings. The van der Waals surface area contributed by atoms with Crippen molar-refractivity contribution >= 4 is 33.3 Å². The lowest BCUT2D eigenvalue weighted by atomic mass is 10.1. The van der Waals surface area contributed by atoms with Gasteiger partial charge in [0.05, 0.1) is 27.9 Å². The van der Waals surface area contributed by atoms with Crippen molar-refractivity contribution in [2.24, 2.45) is 0 Å². The number of fused-ring (bicyclic) bond motifs is 1. The number of hydrogen-bond donors (Lipinski definition) is 1. The second-order valence-corrected chi connectivity index (χ2v) is 7.51. The highest BCUT2D eigenvalue weighted by molar-refractivity contribution is 7.14. The first-order chi connectivity index (χ1) is 15.6. The molecule has 9 heteroatoms. The standard InChI is InChI=1S/C23H22N2O6S/c1-5-30-15-6-7-17-13(8-15)9-18(31-17)16-12-32-23(24-16)25-22(26)14-10-19(27-2)21(29-4)20(11-14)28-3/h6-12H,5H2,1-4H3,(H,24,25,26). The Morgan fingerprint density at radius 1 is 1.06 bits per heavy atom. The van der Waals surface area contributed by atoms with Gasteiger partial charge in [-0.15, -0.1) is 11.3 Å². The van der Waals surface area contributed by atoms with E-state index in [1.54, 1.807) is 12.1 Å². The first-order valence-corrected chi connectivity index (χ1v) is 10.7. The molecule has 0 bridgehead atoms. The molecule has 8 nitrogen and oxygen atoms in total. The molecule has 0 unspecified atom stereocenters. The van der Waals surface area contributed by atoms with Crippen molar-refractivity contribution < 1.29 is 28.2 Å². The number of aromatic nitrogens is 1. The van der Waals surface area contributed by atoms with E-state index in [0.717, 1.165) is 16.7 Å². The van der Waals surface area contributed by atoms with Crippen LogP contribution in [0.1, 0.15) is 17.3 Å². The molecule has 2 aromatic heterocycles. The molecular weight excluding hydrogens is 432 g/mol. The van der Waals surface area contributed by atoms with E-state index >= 15 is 0 Å².